The van der Waals surface area contributed by atoms with Gasteiger partial charge in [0.2, 0.25) is 0 Å². The van der Waals surface area contributed by atoms with Crippen LogP contribution in [0.25, 0.3) is 33.1 Å². The summed E-state index contributed by atoms with van der Waals surface area (Å²) in [4.78, 5) is 8.21. The molecule has 0 atom stereocenters. The van der Waals surface area contributed by atoms with E-state index in [0.29, 0.717) is 0 Å². The van der Waals surface area contributed by atoms with Crippen LogP contribution in [0.15, 0.2) is 54.6 Å². The minimum atomic E-state index is 0.736. The zero-order chi connectivity index (χ0) is 14.4. The zero-order valence-corrected chi connectivity index (χ0v) is 12.3. The molecule has 102 valence electrons. The summed E-state index contributed by atoms with van der Waals surface area (Å²) in [6.45, 7) is 2.09. The highest BCUT2D eigenvalue weighted by Gasteiger charge is 2.11. The number of benzene rings is 2. The molecule has 2 aromatic carbocycles. The van der Waals surface area contributed by atoms with Crippen LogP contribution < -0.4 is 0 Å². The Labute approximate surface area is 127 Å². The molecule has 3 heteroatoms. The Morgan fingerprint density at radius 3 is 2.76 bits per heavy atom. The van der Waals surface area contributed by atoms with E-state index in [1.807, 2.05) is 24.3 Å². The maximum absolute atomic E-state index is 6.03. The smallest absolute Gasteiger partial charge is 0.0733 e. The van der Waals surface area contributed by atoms with Gasteiger partial charge in [-0.05, 0) is 37.3 Å². The lowest BCUT2D eigenvalue weighted by Gasteiger charge is -2.04. The van der Waals surface area contributed by atoms with E-state index in [9.17, 15) is 0 Å². The molecule has 0 aliphatic rings. The van der Waals surface area contributed by atoms with Gasteiger partial charge in [0, 0.05) is 32.6 Å². The second-order valence-electron chi connectivity index (χ2n) is 5.20. The Morgan fingerprint density at radius 1 is 1.00 bits per heavy atom. The molecule has 4 rings (SSSR count). The summed E-state index contributed by atoms with van der Waals surface area (Å²) in [7, 11) is 0. The predicted octanol–water partition coefficient (Wildman–Crippen LogP) is 5.34. The monoisotopic (exact) mass is 292 g/mol. The lowest BCUT2D eigenvalue weighted by atomic mass is 10.1. The molecule has 0 fully saturated rings. The van der Waals surface area contributed by atoms with Gasteiger partial charge in [0.05, 0.1) is 11.2 Å². The van der Waals surface area contributed by atoms with Crippen molar-refractivity contribution in [2.75, 3.05) is 0 Å². The summed E-state index contributed by atoms with van der Waals surface area (Å²) >= 11 is 6.03. The Kier molecular flexibility index (Phi) is 2.72. The van der Waals surface area contributed by atoms with E-state index in [1.54, 1.807) is 0 Å². The molecule has 0 unspecified atom stereocenters. The molecule has 1 N–H and O–H groups in total. The summed E-state index contributed by atoms with van der Waals surface area (Å²) in [5.74, 6) is 0. The molecular formula is C18H13ClN2. The second kappa shape index (κ2) is 4.61. The van der Waals surface area contributed by atoms with Crippen molar-refractivity contribution >= 4 is 33.4 Å². The molecule has 21 heavy (non-hydrogen) atoms. The number of pyridine rings is 1. The molecule has 0 radical (unpaired) electrons. The number of nitrogens with one attached hydrogen (secondary N) is 1. The maximum Gasteiger partial charge on any atom is 0.0733 e. The first-order valence-corrected chi connectivity index (χ1v) is 7.24. The van der Waals surface area contributed by atoms with Crippen LogP contribution in [0.1, 0.15) is 5.69 Å². The molecule has 0 aliphatic heterocycles. The molecule has 0 bridgehead atoms. The van der Waals surface area contributed by atoms with Crippen molar-refractivity contribution in [3.63, 3.8) is 0 Å². The van der Waals surface area contributed by atoms with Gasteiger partial charge in [0.1, 0.15) is 0 Å². The van der Waals surface area contributed by atoms with Crippen molar-refractivity contribution in [2.24, 2.45) is 0 Å². The zero-order valence-electron chi connectivity index (χ0n) is 11.5. The number of nitrogens with zero attached hydrogens (tertiary/aromatic N) is 1. The molecule has 0 aliphatic carbocycles. The lowest BCUT2D eigenvalue weighted by molar-refractivity contribution is 1.28. The number of aryl methyl sites for hydroxylation is 1. The summed E-state index contributed by atoms with van der Waals surface area (Å²) in [5.41, 5.74) is 5.39. The van der Waals surface area contributed by atoms with Gasteiger partial charge < -0.3 is 4.98 Å². The molecule has 2 aromatic heterocycles. The van der Waals surface area contributed by atoms with Crippen LogP contribution in [-0.2, 0) is 0 Å². The van der Waals surface area contributed by atoms with Crippen LogP contribution in [0.4, 0.5) is 0 Å². The van der Waals surface area contributed by atoms with Crippen LogP contribution in [0.2, 0.25) is 5.02 Å². The van der Waals surface area contributed by atoms with Gasteiger partial charge in [0.15, 0.2) is 0 Å². The first-order chi connectivity index (χ1) is 10.2. The van der Waals surface area contributed by atoms with Crippen molar-refractivity contribution in [3.05, 3.63) is 65.3 Å². The van der Waals surface area contributed by atoms with Crippen molar-refractivity contribution in [2.45, 2.75) is 6.92 Å². The summed E-state index contributed by atoms with van der Waals surface area (Å²) < 4.78 is 0. The first kappa shape index (κ1) is 12.4. The van der Waals surface area contributed by atoms with E-state index in [0.717, 1.165) is 32.8 Å². The van der Waals surface area contributed by atoms with Gasteiger partial charge >= 0.3 is 0 Å². The highest BCUT2D eigenvalue weighted by atomic mass is 35.5. The van der Waals surface area contributed by atoms with Crippen LogP contribution in [-0.4, -0.2) is 9.97 Å². The van der Waals surface area contributed by atoms with E-state index in [2.05, 4.69) is 42.2 Å². The van der Waals surface area contributed by atoms with Gasteiger partial charge in [-0.1, -0.05) is 35.9 Å². The molecule has 0 spiro atoms. The van der Waals surface area contributed by atoms with E-state index in [-0.39, 0.29) is 0 Å². The molecule has 0 saturated heterocycles. The van der Waals surface area contributed by atoms with Crippen molar-refractivity contribution in [1.29, 1.82) is 0 Å². The lowest BCUT2D eigenvalue weighted by Crippen LogP contribution is -1.86. The summed E-state index contributed by atoms with van der Waals surface area (Å²) in [6, 6.07) is 18.2. The fourth-order valence-corrected chi connectivity index (χ4v) is 3.02. The van der Waals surface area contributed by atoms with E-state index in [4.69, 9.17) is 16.6 Å². The van der Waals surface area contributed by atoms with Gasteiger partial charge in [-0.2, -0.15) is 0 Å². The molecule has 4 aromatic rings. The fraction of sp³-hybridized carbons (Fsp3) is 0.0556. The highest BCUT2D eigenvalue weighted by molar-refractivity contribution is 6.31. The van der Waals surface area contributed by atoms with Crippen LogP contribution in [0, 0.1) is 6.92 Å². The largest absolute Gasteiger partial charge is 0.358 e. The number of para-hydroxylation sites is 1. The highest BCUT2D eigenvalue weighted by Crippen LogP contribution is 2.32. The summed E-state index contributed by atoms with van der Waals surface area (Å²) in [6.07, 6.45) is 0. The number of hydrogen-bond donors (Lipinski definition) is 1. The van der Waals surface area contributed by atoms with Crippen LogP contribution >= 0.6 is 11.6 Å². The van der Waals surface area contributed by atoms with E-state index < -0.39 is 0 Å². The molecule has 2 heterocycles. The van der Waals surface area contributed by atoms with Crippen molar-refractivity contribution < 1.29 is 0 Å². The minimum absolute atomic E-state index is 0.736. The van der Waals surface area contributed by atoms with E-state index >= 15 is 0 Å². The average molecular weight is 293 g/mol. The molecule has 0 amide bonds. The fourth-order valence-electron chi connectivity index (χ4n) is 2.84. The topological polar surface area (TPSA) is 28.7 Å². The third kappa shape index (κ3) is 1.99. The Bertz CT molecular complexity index is 969. The number of aromatic amines is 1. The van der Waals surface area contributed by atoms with Gasteiger partial charge in [-0.3, -0.25) is 0 Å². The quantitative estimate of drug-likeness (QED) is 0.503. The molecule has 2 nitrogen and oxygen atoms in total. The van der Waals surface area contributed by atoms with Crippen molar-refractivity contribution in [1.82, 2.24) is 9.97 Å². The Balaban J connectivity index is 2.00. The predicted molar refractivity (Wildman–Crippen MR) is 88.8 cm³/mol. The number of rotatable bonds is 1. The molecule has 0 saturated carbocycles. The SMILES string of the molecule is Cc1[nH]c2ccccc2c1-c1ccc2cc(Cl)ccc2n1. The Morgan fingerprint density at radius 2 is 1.86 bits per heavy atom. The minimum Gasteiger partial charge on any atom is -0.358 e. The number of H-pyrrole nitrogens is 1. The van der Waals surface area contributed by atoms with Crippen molar-refractivity contribution in [3.8, 4) is 11.3 Å². The Hall–Kier alpha value is -2.32. The molecular weight excluding hydrogens is 280 g/mol. The van der Waals surface area contributed by atoms with Crippen LogP contribution in [0.5, 0.6) is 0 Å². The third-order valence-corrected chi connectivity index (χ3v) is 4.04. The standard InChI is InChI=1S/C18H13ClN2/c1-11-18(14-4-2-3-5-16(14)20-11)17-8-6-12-10-13(19)7-9-15(12)21-17/h2-10,20H,1H3. The van der Waals surface area contributed by atoms with Gasteiger partial charge in [-0.25, -0.2) is 4.98 Å². The second-order valence-corrected chi connectivity index (χ2v) is 5.64. The third-order valence-electron chi connectivity index (χ3n) is 3.80. The average Bonchev–Trinajstić information content (AvgIpc) is 2.82. The van der Waals surface area contributed by atoms with E-state index in [1.165, 1.54) is 10.9 Å². The summed E-state index contributed by atoms with van der Waals surface area (Å²) in [5, 5.41) is 3.00. The first-order valence-electron chi connectivity index (χ1n) is 6.86. The number of hydrogen-bond acceptors (Lipinski definition) is 1. The number of fused-ring (bicyclic) bond motifs is 2. The normalized spacial score (nSPS) is 11.3. The number of halogens is 1. The van der Waals surface area contributed by atoms with Crippen LogP contribution in [0.3, 0.4) is 0 Å². The number of aromatic nitrogens is 2. The van der Waals surface area contributed by atoms with Gasteiger partial charge in [-0.15, -0.1) is 0 Å². The maximum atomic E-state index is 6.03. The van der Waals surface area contributed by atoms with Gasteiger partial charge in [0.25, 0.3) is 0 Å².